The maximum Gasteiger partial charge on any atom is 0.253 e. The minimum absolute atomic E-state index is 0.0992. The largest absolute Gasteiger partial charge is 0.339 e. The molecular formula is C22H25N3O. The van der Waals surface area contributed by atoms with Gasteiger partial charge in [-0.3, -0.25) is 9.89 Å². The second-order valence-corrected chi connectivity index (χ2v) is 6.35. The summed E-state index contributed by atoms with van der Waals surface area (Å²) in [6.45, 7) is 5.72. The van der Waals surface area contributed by atoms with Crippen molar-refractivity contribution in [1.29, 1.82) is 0 Å². The van der Waals surface area contributed by atoms with E-state index in [1.165, 1.54) is 0 Å². The number of unbranched alkanes of at least 4 members (excludes halogenated alkanes) is 1. The second kappa shape index (κ2) is 8.48. The van der Waals surface area contributed by atoms with Crippen LogP contribution in [-0.2, 0) is 0 Å². The Balaban J connectivity index is 1.75. The van der Waals surface area contributed by atoms with Gasteiger partial charge in [-0.2, -0.15) is 5.10 Å². The fourth-order valence-electron chi connectivity index (χ4n) is 2.95. The van der Waals surface area contributed by atoms with Crippen LogP contribution in [0.4, 0.5) is 0 Å². The molecule has 26 heavy (non-hydrogen) atoms. The smallest absolute Gasteiger partial charge is 0.253 e. The number of amides is 1. The number of aromatic nitrogens is 2. The van der Waals surface area contributed by atoms with Crippen molar-refractivity contribution in [1.82, 2.24) is 15.1 Å². The van der Waals surface area contributed by atoms with Gasteiger partial charge >= 0.3 is 0 Å². The lowest BCUT2D eigenvalue weighted by molar-refractivity contribution is 0.0762. The molecule has 0 saturated heterocycles. The monoisotopic (exact) mass is 347 g/mol. The average Bonchev–Trinajstić information content (AvgIpc) is 3.19. The van der Waals surface area contributed by atoms with Crippen LogP contribution in [0.15, 0.2) is 60.7 Å². The third kappa shape index (κ3) is 4.02. The molecule has 0 unspecified atom stereocenters. The molecule has 2 aromatic carbocycles. The number of benzene rings is 2. The molecule has 1 heterocycles. The number of aromatic amines is 1. The van der Waals surface area contributed by atoms with Crippen molar-refractivity contribution in [3.63, 3.8) is 0 Å². The number of H-pyrrole nitrogens is 1. The Labute approximate surface area is 154 Å². The van der Waals surface area contributed by atoms with Crippen LogP contribution in [0.3, 0.4) is 0 Å². The molecule has 3 rings (SSSR count). The number of carbonyl (C=O) groups excluding carboxylic acids is 1. The number of nitrogens with one attached hydrogen (secondary N) is 1. The topological polar surface area (TPSA) is 49.0 Å². The van der Waals surface area contributed by atoms with Gasteiger partial charge in [-0.15, -0.1) is 0 Å². The lowest BCUT2D eigenvalue weighted by atomic mass is 10.1. The Morgan fingerprint density at radius 2 is 1.73 bits per heavy atom. The summed E-state index contributed by atoms with van der Waals surface area (Å²) in [5, 5.41) is 7.48. The van der Waals surface area contributed by atoms with E-state index in [1.54, 1.807) is 0 Å². The first kappa shape index (κ1) is 17.9. The van der Waals surface area contributed by atoms with Crippen LogP contribution >= 0.6 is 0 Å². The molecule has 0 fully saturated rings. The standard InChI is InChI=1S/C22H25N3O/c1-3-5-15-25(4-2)22(26)19-13-11-18(12-14-19)21-16-20(23-24-21)17-9-7-6-8-10-17/h6-14,16H,3-5,15H2,1-2H3,(H,23,24). The molecule has 0 saturated carbocycles. The normalized spacial score (nSPS) is 10.7. The summed E-state index contributed by atoms with van der Waals surface area (Å²) in [7, 11) is 0. The van der Waals surface area contributed by atoms with Gasteiger partial charge in [0.2, 0.25) is 0 Å². The van der Waals surface area contributed by atoms with Crippen LogP contribution < -0.4 is 0 Å². The molecule has 0 spiro atoms. The Kier molecular flexibility index (Phi) is 5.84. The van der Waals surface area contributed by atoms with Gasteiger partial charge in [-0.25, -0.2) is 0 Å². The Morgan fingerprint density at radius 3 is 2.38 bits per heavy atom. The van der Waals surface area contributed by atoms with Crippen molar-refractivity contribution in [2.75, 3.05) is 13.1 Å². The van der Waals surface area contributed by atoms with E-state index >= 15 is 0 Å². The summed E-state index contributed by atoms with van der Waals surface area (Å²) in [5.41, 5.74) is 4.69. The molecule has 134 valence electrons. The molecule has 0 aliphatic carbocycles. The minimum atomic E-state index is 0.0992. The van der Waals surface area contributed by atoms with Crippen LogP contribution in [0.5, 0.6) is 0 Å². The summed E-state index contributed by atoms with van der Waals surface area (Å²) in [6, 6.07) is 19.9. The summed E-state index contributed by atoms with van der Waals surface area (Å²) < 4.78 is 0. The van der Waals surface area contributed by atoms with Gasteiger partial charge in [-0.05, 0) is 37.1 Å². The molecule has 4 nitrogen and oxygen atoms in total. The van der Waals surface area contributed by atoms with E-state index in [4.69, 9.17) is 0 Å². The van der Waals surface area contributed by atoms with Crippen molar-refractivity contribution in [3.8, 4) is 22.5 Å². The predicted octanol–water partition coefficient (Wildman–Crippen LogP) is 5.01. The van der Waals surface area contributed by atoms with Crippen molar-refractivity contribution in [2.24, 2.45) is 0 Å². The zero-order chi connectivity index (χ0) is 18.4. The van der Waals surface area contributed by atoms with Crippen LogP contribution in [0.2, 0.25) is 0 Å². The van der Waals surface area contributed by atoms with E-state index in [1.807, 2.05) is 72.5 Å². The molecule has 0 aliphatic heterocycles. The molecule has 1 N–H and O–H groups in total. The summed E-state index contributed by atoms with van der Waals surface area (Å²) in [6.07, 6.45) is 2.13. The maximum absolute atomic E-state index is 12.6. The van der Waals surface area contributed by atoms with Gasteiger partial charge < -0.3 is 4.90 Å². The predicted molar refractivity (Wildman–Crippen MR) is 106 cm³/mol. The maximum atomic E-state index is 12.6. The molecule has 0 bridgehead atoms. The Hall–Kier alpha value is -2.88. The average molecular weight is 347 g/mol. The lowest BCUT2D eigenvalue weighted by Gasteiger charge is -2.20. The summed E-state index contributed by atoms with van der Waals surface area (Å²) in [5.74, 6) is 0.0992. The first-order chi connectivity index (χ1) is 12.7. The van der Waals surface area contributed by atoms with E-state index in [0.717, 1.165) is 54.0 Å². The molecule has 0 atom stereocenters. The van der Waals surface area contributed by atoms with Crippen LogP contribution in [0.1, 0.15) is 37.0 Å². The first-order valence-corrected chi connectivity index (χ1v) is 9.23. The van der Waals surface area contributed by atoms with E-state index in [9.17, 15) is 4.79 Å². The van der Waals surface area contributed by atoms with E-state index in [0.29, 0.717) is 0 Å². The van der Waals surface area contributed by atoms with E-state index in [2.05, 4.69) is 17.1 Å². The fourth-order valence-corrected chi connectivity index (χ4v) is 2.95. The fraction of sp³-hybridized carbons (Fsp3) is 0.273. The first-order valence-electron chi connectivity index (χ1n) is 9.23. The van der Waals surface area contributed by atoms with Gasteiger partial charge in [0.05, 0.1) is 11.4 Å². The van der Waals surface area contributed by atoms with Gasteiger partial charge in [0.1, 0.15) is 0 Å². The molecule has 3 aromatic rings. The quantitative estimate of drug-likeness (QED) is 0.653. The van der Waals surface area contributed by atoms with Crippen LogP contribution in [-0.4, -0.2) is 34.1 Å². The third-order valence-electron chi connectivity index (χ3n) is 4.54. The van der Waals surface area contributed by atoms with Gasteiger partial charge in [0.25, 0.3) is 5.91 Å². The highest BCUT2D eigenvalue weighted by atomic mass is 16.2. The van der Waals surface area contributed by atoms with Crippen LogP contribution in [0.25, 0.3) is 22.5 Å². The van der Waals surface area contributed by atoms with Crippen LogP contribution in [0, 0.1) is 0 Å². The van der Waals surface area contributed by atoms with Crippen molar-refractivity contribution in [3.05, 3.63) is 66.2 Å². The molecular weight excluding hydrogens is 322 g/mol. The zero-order valence-corrected chi connectivity index (χ0v) is 15.4. The highest BCUT2D eigenvalue weighted by Gasteiger charge is 2.14. The molecule has 0 aliphatic rings. The number of rotatable bonds is 7. The molecule has 0 radical (unpaired) electrons. The van der Waals surface area contributed by atoms with Gasteiger partial charge in [0, 0.05) is 24.2 Å². The van der Waals surface area contributed by atoms with Crippen molar-refractivity contribution < 1.29 is 4.79 Å². The SMILES string of the molecule is CCCCN(CC)C(=O)c1ccc(-c2cc(-c3ccccc3)n[nH]2)cc1. The molecule has 1 amide bonds. The summed E-state index contributed by atoms with van der Waals surface area (Å²) >= 11 is 0. The Morgan fingerprint density at radius 1 is 1.00 bits per heavy atom. The minimum Gasteiger partial charge on any atom is -0.339 e. The van der Waals surface area contributed by atoms with Gasteiger partial charge in [0.15, 0.2) is 0 Å². The third-order valence-corrected chi connectivity index (χ3v) is 4.54. The van der Waals surface area contributed by atoms with Crippen molar-refractivity contribution in [2.45, 2.75) is 26.7 Å². The zero-order valence-electron chi connectivity index (χ0n) is 15.4. The highest BCUT2D eigenvalue weighted by Crippen LogP contribution is 2.24. The summed E-state index contributed by atoms with van der Waals surface area (Å²) in [4.78, 5) is 14.5. The van der Waals surface area contributed by atoms with Gasteiger partial charge in [-0.1, -0.05) is 55.8 Å². The van der Waals surface area contributed by atoms with E-state index < -0.39 is 0 Å². The number of carbonyl (C=O) groups is 1. The van der Waals surface area contributed by atoms with Crippen molar-refractivity contribution >= 4 is 5.91 Å². The second-order valence-electron chi connectivity index (χ2n) is 6.35. The lowest BCUT2D eigenvalue weighted by Crippen LogP contribution is -2.31. The van der Waals surface area contributed by atoms with E-state index in [-0.39, 0.29) is 5.91 Å². The number of hydrogen-bond acceptors (Lipinski definition) is 2. The molecule has 1 aromatic heterocycles. The highest BCUT2D eigenvalue weighted by molar-refractivity contribution is 5.94. The Bertz CT molecular complexity index is 837. The number of nitrogens with zero attached hydrogens (tertiary/aromatic N) is 2. The molecule has 4 heteroatoms. The number of hydrogen-bond donors (Lipinski definition) is 1.